The number of hydrogen-bond acceptors (Lipinski definition) is 2. The van der Waals surface area contributed by atoms with Crippen LogP contribution in [0.4, 0.5) is 0 Å². The maximum Gasteiger partial charge on any atom is 0.0719 e. The van der Waals surface area contributed by atoms with E-state index in [1.54, 1.807) is 0 Å². The number of rotatable bonds is 8. The summed E-state index contributed by atoms with van der Waals surface area (Å²) in [4.78, 5) is 0. The first kappa shape index (κ1) is 16.2. The average molecular weight is 263 g/mol. The normalized spacial score (nSPS) is 11.8. The lowest BCUT2D eigenvalue weighted by atomic mass is 9.93. The van der Waals surface area contributed by atoms with Crippen LogP contribution in [0.15, 0.2) is 24.3 Å². The Kier molecular flexibility index (Phi) is 7.11. The van der Waals surface area contributed by atoms with Crippen LogP contribution in [0, 0.1) is 5.41 Å². The highest BCUT2D eigenvalue weighted by molar-refractivity contribution is 5.26. The Hall–Kier alpha value is -0.860. The third-order valence-electron chi connectivity index (χ3n) is 3.19. The van der Waals surface area contributed by atoms with Crippen molar-refractivity contribution in [2.24, 2.45) is 5.41 Å². The molecule has 0 aliphatic heterocycles. The Morgan fingerprint density at radius 2 is 1.79 bits per heavy atom. The van der Waals surface area contributed by atoms with Crippen LogP contribution in [-0.4, -0.2) is 19.7 Å². The van der Waals surface area contributed by atoms with E-state index < -0.39 is 0 Å². The SMILES string of the molecule is CCNCCc1ccccc1COCCC(C)(C)C. The van der Waals surface area contributed by atoms with Gasteiger partial charge in [-0.3, -0.25) is 0 Å². The molecule has 0 saturated heterocycles. The van der Waals surface area contributed by atoms with E-state index in [9.17, 15) is 0 Å². The second kappa shape index (κ2) is 8.34. The molecule has 0 spiro atoms. The van der Waals surface area contributed by atoms with Crippen molar-refractivity contribution in [3.05, 3.63) is 35.4 Å². The van der Waals surface area contributed by atoms with Crippen molar-refractivity contribution >= 4 is 0 Å². The van der Waals surface area contributed by atoms with Crippen LogP contribution >= 0.6 is 0 Å². The van der Waals surface area contributed by atoms with E-state index in [1.807, 2.05) is 0 Å². The summed E-state index contributed by atoms with van der Waals surface area (Å²) in [6.45, 7) is 12.5. The van der Waals surface area contributed by atoms with Gasteiger partial charge in [-0.05, 0) is 42.5 Å². The number of likely N-dealkylation sites (N-methyl/N-ethyl adjacent to an activating group) is 1. The molecule has 0 heterocycles. The summed E-state index contributed by atoms with van der Waals surface area (Å²) in [6, 6.07) is 8.59. The third-order valence-corrected chi connectivity index (χ3v) is 3.19. The highest BCUT2D eigenvalue weighted by Gasteiger charge is 2.09. The Labute approximate surface area is 118 Å². The van der Waals surface area contributed by atoms with E-state index in [-0.39, 0.29) is 0 Å². The second-order valence-corrected chi connectivity index (χ2v) is 6.24. The lowest BCUT2D eigenvalue weighted by molar-refractivity contribution is 0.0958. The minimum atomic E-state index is 0.352. The standard InChI is InChI=1S/C17H29NO/c1-5-18-12-10-15-8-6-7-9-16(15)14-19-13-11-17(2,3)4/h6-9,18H,5,10-14H2,1-4H3. The molecule has 0 amide bonds. The predicted molar refractivity (Wildman–Crippen MR) is 82.4 cm³/mol. The summed E-state index contributed by atoms with van der Waals surface area (Å²) in [5, 5.41) is 3.37. The summed E-state index contributed by atoms with van der Waals surface area (Å²) < 4.78 is 5.82. The zero-order valence-electron chi connectivity index (χ0n) is 13.0. The van der Waals surface area contributed by atoms with E-state index in [0.717, 1.165) is 39.1 Å². The summed E-state index contributed by atoms with van der Waals surface area (Å²) in [5.41, 5.74) is 3.08. The third kappa shape index (κ3) is 7.34. The second-order valence-electron chi connectivity index (χ2n) is 6.24. The summed E-state index contributed by atoms with van der Waals surface area (Å²) >= 11 is 0. The van der Waals surface area contributed by atoms with Gasteiger partial charge in [0.25, 0.3) is 0 Å². The molecular weight excluding hydrogens is 234 g/mol. The smallest absolute Gasteiger partial charge is 0.0719 e. The van der Waals surface area contributed by atoms with Gasteiger partial charge in [-0.1, -0.05) is 52.0 Å². The van der Waals surface area contributed by atoms with Gasteiger partial charge in [-0.2, -0.15) is 0 Å². The fraction of sp³-hybridized carbons (Fsp3) is 0.647. The molecule has 0 aliphatic carbocycles. The molecule has 0 bridgehead atoms. The molecule has 0 atom stereocenters. The van der Waals surface area contributed by atoms with E-state index in [4.69, 9.17) is 4.74 Å². The zero-order valence-corrected chi connectivity index (χ0v) is 13.0. The van der Waals surface area contributed by atoms with Crippen LogP contribution in [0.5, 0.6) is 0 Å². The molecule has 0 unspecified atom stereocenters. The summed E-state index contributed by atoms with van der Waals surface area (Å²) in [7, 11) is 0. The molecule has 2 nitrogen and oxygen atoms in total. The van der Waals surface area contributed by atoms with Gasteiger partial charge in [0.05, 0.1) is 6.61 Å². The molecule has 2 heteroatoms. The molecule has 1 aromatic rings. The van der Waals surface area contributed by atoms with Gasteiger partial charge in [0.15, 0.2) is 0 Å². The van der Waals surface area contributed by atoms with Crippen LogP contribution in [0.1, 0.15) is 45.2 Å². The fourth-order valence-corrected chi connectivity index (χ4v) is 1.90. The Morgan fingerprint density at radius 3 is 2.42 bits per heavy atom. The fourth-order valence-electron chi connectivity index (χ4n) is 1.90. The van der Waals surface area contributed by atoms with E-state index in [2.05, 4.69) is 57.3 Å². The first-order chi connectivity index (χ1) is 9.03. The molecule has 0 aromatic heterocycles. The number of hydrogen-bond donors (Lipinski definition) is 1. The maximum atomic E-state index is 5.82. The van der Waals surface area contributed by atoms with E-state index in [1.165, 1.54) is 11.1 Å². The molecule has 1 aromatic carbocycles. The van der Waals surface area contributed by atoms with Crippen LogP contribution in [0.3, 0.4) is 0 Å². The largest absolute Gasteiger partial charge is 0.377 e. The highest BCUT2D eigenvalue weighted by Crippen LogP contribution is 2.18. The van der Waals surface area contributed by atoms with Crippen LogP contribution in [0.25, 0.3) is 0 Å². The van der Waals surface area contributed by atoms with Crippen molar-refractivity contribution in [2.75, 3.05) is 19.7 Å². The highest BCUT2D eigenvalue weighted by atomic mass is 16.5. The molecule has 0 radical (unpaired) electrons. The molecule has 108 valence electrons. The van der Waals surface area contributed by atoms with Crippen molar-refractivity contribution in [2.45, 2.75) is 47.1 Å². The molecule has 1 N–H and O–H groups in total. The quantitative estimate of drug-likeness (QED) is 0.720. The Balaban J connectivity index is 2.39. The molecule has 0 saturated carbocycles. The predicted octanol–water partition coefficient (Wildman–Crippen LogP) is 3.79. The topological polar surface area (TPSA) is 21.3 Å². The number of ether oxygens (including phenoxy) is 1. The van der Waals surface area contributed by atoms with Crippen LogP contribution in [-0.2, 0) is 17.8 Å². The van der Waals surface area contributed by atoms with Gasteiger partial charge >= 0.3 is 0 Å². The van der Waals surface area contributed by atoms with Gasteiger partial charge in [0.2, 0.25) is 0 Å². The van der Waals surface area contributed by atoms with Crippen molar-refractivity contribution in [1.29, 1.82) is 0 Å². The molecule has 0 fully saturated rings. The maximum absolute atomic E-state index is 5.82. The van der Waals surface area contributed by atoms with Crippen molar-refractivity contribution in [1.82, 2.24) is 5.32 Å². The molecule has 0 aliphatic rings. The summed E-state index contributed by atoms with van der Waals surface area (Å²) in [6.07, 6.45) is 2.18. The minimum Gasteiger partial charge on any atom is -0.377 e. The van der Waals surface area contributed by atoms with Crippen molar-refractivity contribution in [3.8, 4) is 0 Å². The van der Waals surface area contributed by atoms with Gasteiger partial charge in [0.1, 0.15) is 0 Å². The molecule has 1 rings (SSSR count). The van der Waals surface area contributed by atoms with E-state index >= 15 is 0 Å². The van der Waals surface area contributed by atoms with Gasteiger partial charge in [-0.25, -0.2) is 0 Å². The monoisotopic (exact) mass is 263 g/mol. The van der Waals surface area contributed by atoms with Gasteiger partial charge < -0.3 is 10.1 Å². The first-order valence-corrected chi connectivity index (χ1v) is 7.38. The minimum absolute atomic E-state index is 0.352. The van der Waals surface area contributed by atoms with E-state index in [0.29, 0.717) is 5.41 Å². The summed E-state index contributed by atoms with van der Waals surface area (Å²) in [5.74, 6) is 0. The van der Waals surface area contributed by atoms with Crippen molar-refractivity contribution < 1.29 is 4.74 Å². The first-order valence-electron chi connectivity index (χ1n) is 7.38. The number of benzene rings is 1. The lowest BCUT2D eigenvalue weighted by Crippen LogP contribution is -2.17. The van der Waals surface area contributed by atoms with Crippen molar-refractivity contribution in [3.63, 3.8) is 0 Å². The van der Waals surface area contributed by atoms with Gasteiger partial charge in [-0.15, -0.1) is 0 Å². The molecular formula is C17H29NO. The van der Waals surface area contributed by atoms with Gasteiger partial charge in [0, 0.05) is 6.61 Å². The molecule has 19 heavy (non-hydrogen) atoms. The van der Waals surface area contributed by atoms with Crippen LogP contribution in [0.2, 0.25) is 0 Å². The Bertz CT molecular complexity index is 355. The number of nitrogens with one attached hydrogen (secondary N) is 1. The lowest BCUT2D eigenvalue weighted by Gasteiger charge is -2.18. The Morgan fingerprint density at radius 1 is 1.11 bits per heavy atom. The average Bonchev–Trinajstić information content (AvgIpc) is 2.35. The van der Waals surface area contributed by atoms with Crippen LogP contribution < -0.4 is 5.32 Å². The zero-order chi connectivity index (χ0) is 14.1.